The van der Waals surface area contributed by atoms with Crippen LogP contribution in [-0.4, -0.2) is 39.7 Å². The molecule has 0 spiro atoms. The Labute approximate surface area is 167 Å². The summed E-state index contributed by atoms with van der Waals surface area (Å²) in [5.74, 6) is -1.96. The summed E-state index contributed by atoms with van der Waals surface area (Å²) in [4.78, 5) is 21.6. The number of fused-ring (bicyclic) bond motifs is 3. The first-order valence-electron chi connectivity index (χ1n) is 9.85. The molecular weight excluding hydrogens is 387 g/mol. The van der Waals surface area contributed by atoms with Crippen LogP contribution in [0.5, 0.6) is 0 Å². The molecule has 0 aliphatic carbocycles. The van der Waals surface area contributed by atoms with Gasteiger partial charge in [-0.25, -0.2) is 9.67 Å². The second-order valence-electron chi connectivity index (χ2n) is 6.29. The fourth-order valence-electron chi connectivity index (χ4n) is 3.15. The number of aromatic nitrogens is 4. The van der Waals surface area contributed by atoms with Gasteiger partial charge < -0.3 is 15.5 Å². The molecule has 150 valence electrons. The van der Waals surface area contributed by atoms with Gasteiger partial charge >= 0.3 is 6.18 Å². The van der Waals surface area contributed by atoms with E-state index in [0.717, 1.165) is 4.68 Å². The summed E-state index contributed by atoms with van der Waals surface area (Å²) in [5, 5.41) is 8.58. The Morgan fingerprint density at radius 3 is 2.86 bits per heavy atom. The standard InChI is InChI=1S/C18H16F3N7O/c1-22-16(29)10-8-23-7-6-11(10)24-12-4-3-5-13-15(12)27(2)9-14-25-17(18(19,20)21)26-28(13)14/h3-8H,9H2,1-2H3,(H,22,29)(H,23,24)/i1D3. The van der Waals surface area contributed by atoms with Crippen molar-refractivity contribution in [3.63, 3.8) is 0 Å². The number of amides is 1. The molecule has 4 rings (SSSR count). The van der Waals surface area contributed by atoms with Gasteiger partial charge in [-0.1, -0.05) is 6.07 Å². The molecule has 8 nitrogen and oxygen atoms in total. The van der Waals surface area contributed by atoms with E-state index in [9.17, 15) is 18.0 Å². The van der Waals surface area contributed by atoms with Crippen LogP contribution in [-0.2, 0) is 12.7 Å². The van der Waals surface area contributed by atoms with Crippen LogP contribution in [0.3, 0.4) is 0 Å². The molecule has 0 unspecified atom stereocenters. The number of hydrogen-bond acceptors (Lipinski definition) is 6. The molecule has 3 heterocycles. The average molecular weight is 406 g/mol. The van der Waals surface area contributed by atoms with Crippen LogP contribution in [0.2, 0.25) is 0 Å². The molecule has 1 aliphatic rings. The highest BCUT2D eigenvalue weighted by molar-refractivity contribution is 6.00. The Hall–Kier alpha value is -3.63. The lowest BCUT2D eigenvalue weighted by atomic mass is 10.1. The molecule has 0 saturated carbocycles. The van der Waals surface area contributed by atoms with Crippen LogP contribution >= 0.6 is 0 Å². The topological polar surface area (TPSA) is 88.0 Å². The maximum absolute atomic E-state index is 13.1. The Kier molecular flexibility index (Phi) is 3.57. The molecule has 1 aliphatic heterocycles. The molecule has 11 heteroatoms. The van der Waals surface area contributed by atoms with Gasteiger partial charge in [0.15, 0.2) is 5.82 Å². The summed E-state index contributed by atoms with van der Waals surface area (Å²) >= 11 is 0. The molecule has 3 aromatic rings. The molecule has 2 aromatic heterocycles. The Bertz CT molecular complexity index is 1190. The van der Waals surface area contributed by atoms with Crippen molar-refractivity contribution < 1.29 is 22.1 Å². The van der Waals surface area contributed by atoms with E-state index in [-0.39, 0.29) is 23.6 Å². The van der Waals surface area contributed by atoms with Gasteiger partial charge in [-0.15, -0.1) is 5.10 Å². The van der Waals surface area contributed by atoms with Crippen LogP contribution in [0, 0.1) is 0 Å². The zero-order chi connectivity index (χ0) is 23.3. The summed E-state index contributed by atoms with van der Waals surface area (Å²) in [6.07, 6.45) is -2.05. The second-order valence-corrected chi connectivity index (χ2v) is 6.29. The summed E-state index contributed by atoms with van der Waals surface area (Å²) < 4.78 is 62.1. The van der Waals surface area contributed by atoms with E-state index in [1.807, 2.05) is 5.32 Å². The number of hydrogen-bond donors (Lipinski definition) is 2. The number of rotatable bonds is 3. The van der Waals surface area contributed by atoms with Crippen molar-refractivity contribution in [1.29, 1.82) is 0 Å². The van der Waals surface area contributed by atoms with E-state index in [0.29, 0.717) is 17.1 Å². The Morgan fingerprint density at radius 2 is 2.10 bits per heavy atom. The van der Waals surface area contributed by atoms with E-state index >= 15 is 0 Å². The van der Waals surface area contributed by atoms with E-state index in [4.69, 9.17) is 4.11 Å². The van der Waals surface area contributed by atoms with Gasteiger partial charge in [0.05, 0.1) is 34.9 Å². The highest BCUT2D eigenvalue weighted by atomic mass is 19.4. The van der Waals surface area contributed by atoms with Gasteiger partial charge in [0.1, 0.15) is 0 Å². The molecule has 29 heavy (non-hydrogen) atoms. The first kappa shape index (κ1) is 15.3. The SMILES string of the molecule is [2H]C([2H])([2H])NC(=O)c1cnccc1Nc1cccc2c1N(C)Cc1nc(C(F)(F)F)nn1-2. The number of nitrogens with one attached hydrogen (secondary N) is 2. The zero-order valence-electron chi connectivity index (χ0n) is 17.9. The minimum absolute atomic E-state index is 0.0134. The van der Waals surface area contributed by atoms with Crippen molar-refractivity contribution >= 4 is 23.0 Å². The normalized spacial score (nSPS) is 14.9. The van der Waals surface area contributed by atoms with Gasteiger partial charge in [-0.05, 0) is 18.2 Å². The van der Waals surface area contributed by atoms with Crippen molar-refractivity contribution in [1.82, 2.24) is 25.1 Å². The maximum Gasteiger partial charge on any atom is 0.453 e. The maximum atomic E-state index is 13.1. The van der Waals surface area contributed by atoms with Crippen molar-refractivity contribution in [3.05, 3.63) is 53.9 Å². The minimum Gasteiger partial charge on any atom is -0.364 e. The summed E-state index contributed by atoms with van der Waals surface area (Å²) in [7, 11) is 1.68. The van der Waals surface area contributed by atoms with Crippen molar-refractivity contribution in [2.45, 2.75) is 12.7 Å². The predicted molar refractivity (Wildman–Crippen MR) is 99.4 cm³/mol. The van der Waals surface area contributed by atoms with Crippen molar-refractivity contribution in [2.24, 2.45) is 0 Å². The number of anilines is 3. The highest BCUT2D eigenvalue weighted by Gasteiger charge is 2.38. The van der Waals surface area contributed by atoms with Crippen LogP contribution < -0.4 is 15.5 Å². The number of para-hydroxylation sites is 1. The van der Waals surface area contributed by atoms with Crippen LogP contribution in [0.4, 0.5) is 30.2 Å². The van der Waals surface area contributed by atoms with Crippen LogP contribution in [0.25, 0.3) is 5.69 Å². The van der Waals surface area contributed by atoms with Gasteiger partial charge in [0, 0.05) is 30.5 Å². The van der Waals surface area contributed by atoms with Gasteiger partial charge in [-0.3, -0.25) is 9.78 Å². The molecule has 0 fully saturated rings. The summed E-state index contributed by atoms with van der Waals surface area (Å²) in [6, 6.07) is 6.37. The molecular formula is C18H16F3N7O. The highest BCUT2D eigenvalue weighted by Crippen LogP contribution is 2.39. The average Bonchev–Trinajstić information content (AvgIpc) is 3.12. The van der Waals surface area contributed by atoms with Crippen molar-refractivity contribution in [3.8, 4) is 5.69 Å². The Morgan fingerprint density at radius 1 is 1.28 bits per heavy atom. The third kappa shape index (κ3) is 3.24. The summed E-state index contributed by atoms with van der Waals surface area (Å²) in [5.41, 5.74) is 1.61. The van der Waals surface area contributed by atoms with E-state index in [2.05, 4.69) is 20.4 Å². The first-order chi connectivity index (χ1) is 14.9. The smallest absolute Gasteiger partial charge is 0.364 e. The third-order valence-corrected chi connectivity index (χ3v) is 4.38. The summed E-state index contributed by atoms with van der Waals surface area (Å²) in [6.45, 7) is -2.62. The van der Waals surface area contributed by atoms with Gasteiger partial charge in [0.2, 0.25) is 0 Å². The van der Waals surface area contributed by atoms with Gasteiger partial charge in [0.25, 0.3) is 11.7 Å². The lowest BCUT2D eigenvalue weighted by Gasteiger charge is -2.29. The minimum atomic E-state index is -4.68. The molecule has 0 bridgehead atoms. The van der Waals surface area contributed by atoms with Gasteiger partial charge in [-0.2, -0.15) is 13.2 Å². The fourth-order valence-corrected chi connectivity index (χ4v) is 3.15. The predicted octanol–water partition coefficient (Wildman–Crippen LogP) is 2.73. The van der Waals surface area contributed by atoms with E-state index < -0.39 is 24.9 Å². The fraction of sp³-hybridized carbons (Fsp3) is 0.222. The number of carbonyl (C=O) groups excluding carboxylic acids is 1. The molecule has 0 saturated heterocycles. The zero-order valence-corrected chi connectivity index (χ0v) is 14.9. The molecule has 0 radical (unpaired) electrons. The van der Waals surface area contributed by atoms with E-state index in [1.54, 1.807) is 30.1 Å². The number of alkyl halides is 3. The lowest BCUT2D eigenvalue weighted by Crippen LogP contribution is -2.27. The number of carbonyl (C=O) groups is 1. The lowest BCUT2D eigenvalue weighted by molar-refractivity contribution is -0.144. The van der Waals surface area contributed by atoms with Crippen LogP contribution in [0.15, 0.2) is 36.7 Å². The van der Waals surface area contributed by atoms with Crippen LogP contribution in [0.1, 0.15) is 26.1 Å². The molecule has 1 amide bonds. The first-order valence-corrected chi connectivity index (χ1v) is 8.35. The van der Waals surface area contributed by atoms with Crippen molar-refractivity contribution in [2.75, 3.05) is 24.2 Å². The monoisotopic (exact) mass is 406 g/mol. The second kappa shape index (κ2) is 6.76. The molecule has 1 aromatic carbocycles. The molecule has 2 N–H and O–H groups in total. The molecule has 0 atom stereocenters. The number of benzene rings is 1. The number of nitrogens with zero attached hydrogens (tertiary/aromatic N) is 5. The number of halogens is 3. The third-order valence-electron chi connectivity index (χ3n) is 4.38. The Balaban J connectivity index is 1.74. The quantitative estimate of drug-likeness (QED) is 0.696. The van der Waals surface area contributed by atoms with E-state index in [1.165, 1.54) is 18.5 Å². The number of pyridine rings is 1. The largest absolute Gasteiger partial charge is 0.453 e.